The highest BCUT2D eigenvalue weighted by Gasteiger charge is 2.16. The summed E-state index contributed by atoms with van der Waals surface area (Å²) in [5.41, 5.74) is 1.11. The molecule has 5 heteroatoms. The third kappa shape index (κ3) is 5.18. The number of aliphatic hydroxyl groups is 1. The average Bonchev–Trinajstić information content (AvgIpc) is 2.67. The van der Waals surface area contributed by atoms with Crippen molar-refractivity contribution < 1.29 is 5.11 Å². The molecular formula is C14H27N3OS. The van der Waals surface area contributed by atoms with Crippen molar-refractivity contribution in [1.29, 1.82) is 0 Å². The van der Waals surface area contributed by atoms with Crippen LogP contribution in [0.3, 0.4) is 0 Å². The Bertz CT molecular complexity index is 390. The van der Waals surface area contributed by atoms with Crippen molar-refractivity contribution in [2.45, 2.75) is 45.8 Å². The van der Waals surface area contributed by atoms with E-state index >= 15 is 0 Å². The highest BCUT2D eigenvalue weighted by atomic mass is 32.1. The van der Waals surface area contributed by atoms with E-state index in [2.05, 4.69) is 38.0 Å². The molecule has 0 spiro atoms. The summed E-state index contributed by atoms with van der Waals surface area (Å²) in [6, 6.07) is 0.238. The molecule has 0 bridgehead atoms. The number of aromatic nitrogens is 1. The molecule has 0 saturated heterocycles. The molecule has 0 aliphatic heterocycles. The lowest BCUT2D eigenvalue weighted by atomic mass is 10.2. The van der Waals surface area contributed by atoms with E-state index < -0.39 is 0 Å². The van der Waals surface area contributed by atoms with E-state index in [1.165, 1.54) is 9.88 Å². The van der Waals surface area contributed by atoms with Crippen molar-refractivity contribution in [3.05, 3.63) is 15.6 Å². The van der Waals surface area contributed by atoms with E-state index in [4.69, 9.17) is 0 Å². The maximum Gasteiger partial charge on any atom is 0.0956 e. The van der Waals surface area contributed by atoms with Crippen LogP contribution in [0, 0.1) is 6.92 Å². The standard InChI is InChI=1S/C14H27N3OS/c1-9(2)14-16-11(4)13(19-14)10(3)15-7-12(18)8-17(5)6/h9-10,12,15,18H,7-8H2,1-6H3. The van der Waals surface area contributed by atoms with Gasteiger partial charge in [-0.15, -0.1) is 11.3 Å². The SMILES string of the molecule is Cc1nc(C(C)C)sc1C(C)NCC(O)CN(C)C. The first-order chi connectivity index (χ1) is 8.81. The second-order valence-corrected chi connectivity index (χ2v) is 6.76. The van der Waals surface area contributed by atoms with Crippen LogP contribution < -0.4 is 5.32 Å². The summed E-state index contributed by atoms with van der Waals surface area (Å²) in [7, 11) is 3.93. The predicted molar refractivity (Wildman–Crippen MR) is 81.9 cm³/mol. The first kappa shape index (κ1) is 16.6. The number of likely N-dealkylation sites (N-methyl/N-ethyl adjacent to an activating group) is 1. The molecule has 19 heavy (non-hydrogen) atoms. The van der Waals surface area contributed by atoms with Crippen molar-refractivity contribution in [3.63, 3.8) is 0 Å². The minimum Gasteiger partial charge on any atom is -0.390 e. The second-order valence-electron chi connectivity index (χ2n) is 5.70. The molecule has 1 aromatic rings. The van der Waals surface area contributed by atoms with Gasteiger partial charge in [-0.05, 0) is 27.9 Å². The molecule has 0 radical (unpaired) electrons. The molecule has 0 aliphatic carbocycles. The smallest absolute Gasteiger partial charge is 0.0956 e. The van der Waals surface area contributed by atoms with Crippen molar-refractivity contribution in [2.24, 2.45) is 0 Å². The summed E-state index contributed by atoms with van der Waals surface area (Å²) in [6.45, 7) is 9.81. The Labute approximate surface area is 120 Å². The quantitative estimate of drug-likeness (QED) is 0.806. The Morgan fingerprint density at radius 3 is 2.42 bits per heavy atom. The van der Waals surface area contributed by atoms with E-state index in [1.807, 2.05) is 19.0 Å². The van der Waals surface area contributed by atoms with Gasteiger partial charge in [0, 0.05) is 29.9 Å². The summed E-state index contributed by atoms with van der Waals surface area (Å²) in [5.74, 6) is 0.476. The van der Waals surface area contributed by atoms with Gasteiger partial charge in [-0.2, -0.15) is 0 Å². The molecule has 1 rings (SSSR count). The molecule has 4 nitrogen and oxygen atoms in total. The zero-order valence-corrected chi connectivity index (χ0v) is 13.7. The molecular weight excluding hydrogens is 258 g/mol. The van der Waals surface area contributed by atoms with E-state index in [-0.39, 0.29) is 12.1 Å². The number of aliphatic hydroxyl groups excluding tert-OH is 1. The fraction of sp³-hybridized carbons (Fsp3) is 0.786. The molecule has 1 heterocycles. The number of aryl methyl sites for hydroxylation is 1. The summed E-state index contributed by atoms with van der Waals surface area (Å²) >= 11 is 1.78. The van der Waals surface area contributed by atoms with Crippen molar-refractivity contribution in [1.82, 2.24) is 15.2 Å². The highest BCUT2D eigenvalue weighted by Crippen LogP contribution is 2.29. The van der Waals surface area contributed by atoms with Crippen molar-refractivity contribution in [2.75, 3.05) is 27.2 Å². The number of nitrogens with one attached hydrogen (secondary N) is 1. The molecule has 0 fully saturated rings. The fourth-order valence-corrected chi connectivity index (χ4v) is 3.07. The van der Waals surface area contributed by atoms with Gasteiger partial charge in [-0.25, -0.2) is 4.98 Å². The van der Waals surface area contributed by atoms with Gasteiger partial charge in [0.2, 0.25) is 0 Å². The largest absolute Gasteiger partial charge is 0.390 e. The van der Waals surface area contributed by atoms with Crippen LogP contribution in [0.2, 0.25) is 0 Å². The monoisotopic (exact) mass is 285 g/mol. The van der Waals surface area contributed by atoms with E-state index in [0.717, 1.165) is 5.69 Å². The van der Waals surface area contributed by atoms with Crippen LogP contribution in [0.4, 0.5) is 0 Å². The maximum atomic E-state index is 9.86. The van der Waals surface area contributed by atoms with Crippen LogP contribution in [0.25, 0.3) is 0 Å². The minimum absolute atomic E-state index is 0.238. The summed E-state index contributed by atoms with van der Waals surface area (Å²) < 4.78 is 0. The van der Waals surface area contributed by atoms with Crippen LogP contribution >= 0.6 is 11.3 Å². The number of hydrogen-bond acceptors (Lipinski definition) is 5. The average molecular weight is 285 g/mol. The third-order valence-corrected chi connectivity index (χ3v) is 4.61. The zero-order valence-electron chi connectivity index (χ0n) is 12.9. The van der Waals surface area contributed by atoms with E-state index in [0.29, 0.717) is 19.0 Å². The van der Waals surface area contributed by atoms with Crippen LogP contribution in [-0.2, 0) is 0 Å². The van der Waals surface area contributed by atoms with Gasteiger partial charge in [0.25, 0.3) is 0 Å². The van der Waals surface area contributed by atoms with E-state index in [9.17, 15) is 5.11 Å². The summed E-state index contributed by atoms with van der Waals surface area (Å²) in [4.78, 5) is 7.88. The van der Waals surface area contributed by atoms with Gasteiger partial charge in [0.1, 0.15) is 0 Å². The van der Waals surface area contributed by atoms with Gasteiger partial charge in [0.15, 0.2) is 0 Å². The van der Waals surface area contributed by atoms with Gasteiger partial charge in [-0.1, -0.05) is 13.8 Å². The third-order valence-electron chi connectivity index (χ3n) is 2.97. The lowest BCUT2D eigenvalue weighted by molar-refractivity contribution is 0.132. The predicted octanol–water partition coefficient (Wildman–Crippen LogP) is 2.15. The highest BCUT2D eigenvalue weighted by molar-refractivity contribution is 7.11. The first-order valence-electron chi connectivity index (χ1n) is 6.84. The van der Waals surface area contributed by atoms with Crippen LogP contribution in [0.5, 0.6) is 0 Å². The maximum absolute atomic E-state index is 9.86. The Morgan fingerprint density at radius 2 is 1.95 bits per heavy atom. The molecule has 0 aromatic carbocycles. The Balaban J connectivity index is 2.56. The normalized spacial score (nSPS) is 15.2. The van der Waals surface area contributed by atoms with Gasteiger partial charge in [0.05, 0.1) is 16.8 Å². The molecule has 0 amide bonds. The van der Waals surface area contributed by atoms with Crippen LogP contribution in [0.1, 0.15) is 48.3 Å². The van der Waals surface area contributed by atoms with Gasteiger partial charge in [-0.3, -0.25) is 0 Å². The second kappa shape index (κ2) is 7.33. The Hall–Kier alpha value is -0.490. The molecule has 0 aliphatic rings. The van der Waals surface area contributed by atoms with Crippen molar-refractivity contribution in [3.8, 4) is 0 Å². The fourth-order valence-electron chi connectivity index (χ4n) is 1.97. The molecule has 1 aromatic heterocycles. The summed E-state index contributed by atoms with van der Waals surface area (Å²) in [5, 5.41) is 14.4. The Morgan fingerprint density at radius 1 is 1.32 bits per heavy atom. The minimum atomic E-state index is -0.338. The zero-order chi connectivity index (χ0) is 14.6. The molecule has 2 unspecified atom stereocenters. The van der Waals surface area contributed by atoms with Crippen LogP contribution in [0.15, 0.2) is 0 Å². The molecule has 110 valence electrons. The van der Waals surface area contributed by atoms with Gasteiger partial charge < -0.3 is 15.3 Å². The number of rotatable bonds is 7. The van der Waals surface area contributed by atoms with E-state index in [1.54, 1.807) is 11.3 Å². The van der Waals surface area contributed by atoms with Crippen LogP contribution in [-0.4, -0.2) is 48.3 Å². The number of hydrogen-bond donors (Lipinski definition) is 2. The first-order valence-corrected chi connectivity index (χ1v) is 7.66. The number of nitrogens with zero attached hydrogens (tertiary/aromatic N) is 2. The molecule has 0 saturated carbocycles. The lowest BCUT2D eigenvalue weighted by Gasteiger charge is -2.19. The Kier molecular flexibility index (Phi) is 6.39. The number of thiazole rings is 1. The topological polar surface area (TPSA) is 48.4 Å². The van der Waals surface area contributed by atoms with Crippen molar-refractivity contribution >= 4 is 11.3 Å². The summed E-state index contributed by atoms with van der Waals surface area (Å²) in [6.07, 6.45) is -0.338. The molecule has 2 N–H and O–H groups in total. The molecule has 2 atom stereocenters. The lowest BCUT2D eigenvalue weighted by Crippen LogP contribution is -2.36. The van der Waals surface area contributed by atoms with Gasteiger partial charge >= 0.3 is 0 Å².